The topological polar surface area (TPSA) is 84.5 Å². The van der Waals surface area contributed by atoms with E-state index in [-0.39, 0.29) is 12.3 Å². The van der Waals surface area contributed by atoms with Gasteiger partial charge in [-0.25, -0.2) is 4.79 Å². The van der Waals surface area contributed by atoms with Crippen molar-refractivity contribution in [2.24, 2.45) is 0 Å². The Morgan fingerprint density at radius 2 is 1.42 bits per heavy atom. The van der Waals surface area contributed by atoms with Crippen molar-refractivity contribution in [3.8, 4) is 0 Å². The number of hydrogen-bond acceptors (Lipinski definition) is 4. The highest BCUT2D eigenvalue weighted by Crippen LogP contribution is 2.29. The van der Waals surface area contributed by atoms with Crippen molar-refractivity contribution in [3.05, 3.63) is 90.0 Å². The van der Waals surface area contributed by atoms with E-state index in [9.17, 15) is 14.4 Å². The Labute approximate surface area is 191 Å². The predicted molar refractivity (Wildman–Crippen MR) is 129 cm³/mol. The Hall–Kier alpha value is -4.19. The minimum Gasteiger partial charge on any atom is -0.467 e. The molecule has 0 spiro atoms. The first-order valence-corrected chi connectivity index (χ1v) is 10.6. The van der Waals surface area contributed by atoms with E-state index in [1.165, 1.54) is 14.0 Å². The molecule has 4 aromatic carbocycles. The molecule has 33 heavy (non-hydrogen) atoms. The van der Waals surface area contributed by atoms with Gasteiger partial charge >= 0.3 is 5.97 Å². The molecule has 0 unspecified atom stereocenters. The number of esters is 1. The van der Waals surface area contributed by atoms with Crippen LogP contribution >= 0.6 is 0 Å². The predicted octanol–water partition coefficient (Wildman–Crippen LogP) is 4.47. The van der Waals surface area contributed by atoms with Gasteiger partial charge in [0.15, 0.2) is 0 Å². The molecule has 0 radical (unpaired) electrons. The van der Waals surface area contributed by atoms with Gasteiger partial charge in [0.2, 0.25) is 5.91 Å². The third-order valence-electron chi connectivity index (χ3n) is 5.55. The number of nitrogens with one attached hydrogen (secondary N) is 2. The zero-order valence-electron chi connectivity index (χ0n) is 18.4. The quantitative estimate of drug-likeness (QED) is 0.342. The van der Waals surface area contributed by atoms with Crippen LogP contribution in [0.2, 0.25) is 0 Å². The van der Waals surface area contributed by atoms with E-state index >= 15 is 0 Å². The summed E-state index contributed by atoms with van der Waals surface area (Å²) >= 11 is 0. The number of carbonyl (C=O) groups is 3. The molecule has 0 heterocycles. The number of anilines is 1. The van der Waals surface area contributed by atoms with Crippen molar-refractivity contribution in [2.75, 3.05) is 12.4 Å². The lowest BCUT2D eigenvalue weighted by Crippen LogP contribution is -2.43. The summed E-state index contributed by atoms with van der Waals surface area (Å²) in [5, 5.41) is 9.67. The van der Waals surface area contributed by atoms with Crippen LogP contribution in [-0.2, 0) is 20.7 Å². The van der Waals surface area contributed by atoms with Gasteiger partial charge in [-0.15, -0.1) is 0 Å². The van der Waals surface area contributed by atoms with E-state index in [4.69, 9.17) is 4.74 Å². The Balaban J connectivity index is 1.66. The maximum atomic E-state index is 12.9. The minimum absolute atomic E-state index is 0.194. The van der Waals surface area contributed by atoms with Gasteiger partial charge in [-0.05, 0) is 57.4 Å². The van der Waals surface area contributed by atoms with E-state index in [1.54, 1.807) is 24.3 Å². The van der Waals surface area contributed by atoms with Crippen molar-refractivity contribution >= 4 is 45.0 Å². The van der Waals surface area contributed by atoms with Gasteiger partial charge in [0, 0.05) is 24.6 Å². The fourth-order valence-electron chi connectivity index (χ4n) is 4.02. The summed E-state index contributed by atoms with van der Waals surface area (Å²) in [6.07, 6.45) is 0.282. The zero-order valence-corrected chi connectivity index (χ0v) is 18.4. The smallest absolute Gasteiger partial charge is 0.328 e. The lowest BCUT2D eigenvalue weighted by atomic mass is 9.92. The molecule has 1 atom stereocenters. The van der Waals surface area contributed by atoms with Gasteiger partial charge < -0.3 is 15.4 Å². The molecule has 0 aliphatic carbocycles. The highest BCUT2D eigenvalue weighted by molar-refractivity contribution is 6.03. The molecule has 2 N–H and O–H groups in total. The number of carbonyl (C=O) groups excluding carboxylic acids is 3. The Kier molecular flexibility index (Phi) is 6.36. The van der Waals surface area contributed by atoms with Gasteiger partial charge in [-0.2, -0.15) is 0 Å². The summed E-state index contributed by atoms with van der Waals surface area (Å²) in [4.78, 5) is 36.8. The fraction of sp³-hybridized carbons (Fsp3) is 0.148. The number of amides is 2. The molecule has 0 aliphatic heterocycles. The average Bonchev–Trinajstić information content (AvgIpc) is 2.82. The van der Waals surface area contributed by atoms with Crippen LogP contribution in [0.4, 0.5) is 5.69 Å². The van der Waals surface area contributed by atoms with Crippen molar-refractivity contribution < 1.29 is 19.1 Å². The second kappa shape index (κ2) is 9.53. The maximum Gasteiger partial charge on any atom is 0.328 e. The molecule has 6 nitrogen and oxygen atoms in total. The lowest BCUT2D eigenvalue weighted by molar-refractivity contribution is -0.142. The van der Waals surface area contributed by atoms with Gasteiger partial charge in [0.1, 0.15) is 6.04 Å². The molecule has 4 rings (SSSR count). The van der Waals surface area contributed by atoms with Crippen molar-refractivity contribution in [1.82, 2.24) is 5.32 Å². The molecule has 0 saturated carbocycles. The van der Waals surface area contributed by atoms with Crippen LogP contribution in [0.3, 0.4) is 0 Å². The van der Waals surface area contributed by atoms with Crippen LogP contribution < -0.4 is 10.6 Å². The van der Waals surface area contributed by atoms with Crippen LogP contribution in [0.15, 0.2) is 78.9 Å². The van der Waals surface area contributed by atoms with E-state index in [2.05, 4.69) is 16.7 Å². The van der Waals surface area contributed by atoms with Crippen molar-refractivity contribution in [2.45, 2.75) is 19.4 Å². The van der Waals surface area contributed by atoms with Gasteiger partial charge in [-0.3, -0.25) is 9.59 Å². The van der Waals surface area contributed by atoms with E-state index in [0.29, 0.717) is 11.3 Å². The Morgan fingerprint density at radius 1 is 0.848 bits per heavy atom. The summed E-state index contributed by atoms with van der Waals surface area (Å²) in [6, 6.07) is 23.7. The largest absolute Gasteiger partial charge is 0.467 e. The molecule has 166 valence electrons. The van der Waals surface area contributed by atoms with Crippen LogP contribution in [0.1, 0.15) is 22.8 Å². The van der Waals surface area contributed by atoms with Crippen molar-refractivity contribution in [3.63, 3.8) is 0 Å². The molecule has 2 amide bonds. The molecule has 4 aromatic rings. The third kappa shape index (κ3) is 4.85. The summed E-state index contributed by atoms with van der Waals surface area (Å²) in [6.45, 7) is 1.42. The molecule has 0 bridgehead atoms. The number of ether oxygens (including phenoxy) is 1. The van der Waals surface area contributed by atoms with Crippen LogP contribution in [0, 0.1) is 0 Å². The normalized spacial score (nSPS) is 11.7. The van der Waals surface area contributed by atoms with Crippen molar-refractivity contribution in [1.29, 1.82) is 0 Å². The SMILES string of the molecule is COC(=O)[C@@H](Cc1c2ccccc2cc2ccccc12)NC(=O)c1ccc(NC(C)=O)cc1. The van der Waals surface area contributed by atoms with Gasteiger partial charge in [-0.1, -0.05) is 48.5 Å². The standard InChI is InChI=1S/C27H24N2O4/c1-17(30)28-21-13-11-18(12-14-21)26(31)29-25(27(32)33-2)16-24-22-9-5-3-7-19(22)15-20-8-4-6-10-23(20)24/h3-15,25H,16H2,1-2H3,(H,28,30)(H,29,31)/t25-/m1/s1. The van der Waals surface area contributed by atoms with Crippen LogP contribution in [0.5, 0.6) is 0 Å². The summed E-state index contributed by atoms with van der Waals surface area (Å²) in [5.41, 5.74) is 1.94. The molecule has 0 aliphatic rings. The average molecular weight is 440 g/mol. The highest BCUT2D eigenvalue weighted by Gasteiger charge is 2.24. The maximum absolute atomic E-state index is 12.9. The molecular formula is C27H24N2O4. The van der Waals surface area contributed by atoms with E-state index < -0.39 is 17.9 Å². The summed E-state index contributed by atoms with van der Waals surface area (Å²) < 4.78 is 5.01. The molecule has 6 heteroatoms. The number of rotatable bonds is 6. The second-order valence-electron chi connectivity index (χ2n) is 7.81. The lowest BCUT2D eigenvalue weighted by Gasteiger charge is -2.19. The van der Waals surface area contributed by atoms with Crippen LogP contribution in [0.25, 0.3) is 21.5 Å². The minimum atomic E-state index is -0.869. The number of fused-ring (bicyclic) bond motifs is 2. The molecule has 0 saturated heterocycles. The van der Waals surface area contributed by atoms with E-state index in [0.717, 1.165) is 27.1 Å². The number of hydrogen-bond donors (Lipinski definition) is 2. The fourth-order valence-corrected chi connectivity index (χ4v) is 4.02. The Morgan fingerprint density at radius 3 is 1.97 bits per heavy atom. The molecular weight excluding hydrogens is 416 g/mol. The van der Waals surface area contributed by atoms with E-state index in [1.807, 2.05) is 48.5 Å². The van der Waals surface area contributed by atoms with Gasteiger partial charge in [0.25, 0.3) is 5.91 Å². The monoisotopic (exact) mass is 440 g/mol. The first-order chi connectivity index (χ1) is 16.0. The molecule has 0 aromatic heterocycles. The summed E-state index contributed by atoms with van der Waals surface area (Å²) in [5.74, 6) is -1.11. The third-order valence-corrected chi connectivity index (χ3v) is 5.55. The summed E-state index contributed by atoms with van der Waals surface area (Å²) in [7, 11) is 1.31. The Bertz CT molecular complexity index is 1290. The highest BCUT2D eigenvalue weighted by atomic mass is 16.5. The number of methoxy groups -OCH3 is 1. The molecule has 0 fully saturated rings. The zero-order chi connectivity index (χ0) is 23.4. The number of benzene rings is 4. The van der Waals surface area contributed by atoms with Gasteiger partial charge in [0.05, 0.1) is 7.11 Å². The first-order valence-electron chi connectivity index (χ1n) is 10.6. The second-order valence-corrected chi connectivity index (χ2v) is 7.81. The first kappa shape index (κ1) is 22.0. The van der Waals surface area contributed by atoms with Crippen LogP contribution in [-0.4, -0.2) is 30.9 Å².